The van der Waals surface area contributed by atoms with Crippen LogP contribution in [0.5, 0.6) is 5.88 Å². The lowest BCUT2D eigenvalue weighted by Gasteiger charge is -2.08. The Hall–Kier alpha value is -0.960. The number of hydrogen-bond acceptors (Lipinski definition) is 5. The van der Waals surface area contributed by atoms with Crippen LogP contribution in [0.4, 0.5) is 0 Å². The summed E-state index contributed by atoms with van der Waals surface area (Å²) in [4.78, 5) is 4.01. The first kappa shape index (κ1) is 14.4. The van der Waals surface area contributed by atoms with Crippen LogP contribution in [0.25, 0.3) is 0 Å². The van der Waals surface area contributed by atoms with Crippen molar-refractivity contribution in [3.63, 3.8) is 0 Å². The number of rotatable bonds is 5. The highest BCUT2D eigenvalue weighted by Crippen LogP contribution is 2.27. The predicted octanol–water partition coefficient (Wildman–Crippen LogP) is 2.39. The van der Waals surface area contributed by atoms with E-state index in [0.717, 1.165) is 11.3 Å². The Morgan fingerprint density at radius 2 is 2.26 bits per heavy atom. The number of ether oxygens (including phenoxy) is 1. The van der Waals surface area contributed by atoms with Crippen LogP contribution >= 0.6 is 27.3 Å². The number of pyridine rings is 1. The zero-order chi connectivity index (χ0) is 13.9. The third-order valence-electron chi connectivity index (χ3n) is 2.32. The summed E-state index contributed by atoms with van der Waals surface area (Å²) in [6.07, 6.45) is 1.59. The summed E-state index contributed by atoms with van der Waals surface area (Å²) in [5, 5.41) is 1.71. The van der Waals surface area contributed by atoms with E-state index in [2.05, 4.69) is 25.6 Å². The van der Waals surface area contributed by atoms with Crippen molar-refractivity contribution in [3.05, 3.63) is 39.8 Å². The van der Waals surface area contributed by atoms with Gasteiger partial charge in [-0.25, -0.2) is 18.1 Å². The summed E-state index contributed by atoms with van der Waals surface area (Å²) in [6.45, 7) is 0.129. The first-order chi connectivity index (χ1) is 9.04. The molecule has 0 saturated heterocycles. The molecule has 102 valence electrons. The summed E-state index contributed by atoms with van der Waals surface area (Å²) in [5.74, 6) is 0.412. The molecule has 0 bridgehead atoms. The fourth-order valence-corrected chi connectivity index (χ4v) is 4.84. The van der Waals surface area contributed by atoms with Gasteiger partial charge in [0.15, 0.2) is 0 Å². The molecule has 19 heavy (non-hydrogen) atoms. The second kappa shape index (κ2) is 6.00. The van der Waals surface area contributed by atoms with Crippen molar-refractivity contribution in [3.8, 4) is 5.88 Å². The van der Waals surface area contributed by atoms with Crippen molar-refractivity contribution in [1.82, 2.24) is 9.71 Å². The lowest BCUT2D eigenvalue weighted by Crippen LogP contribution is -2.23. The summed E-state index contributed by atoms with van der Waals surface area (Å²) >= 11 is 4.37. The Morgan fingerprint density at radius 1 is 1.47 bits per heavy atom. The molecule has 2 heterocycles. The van der Waals surface area contributed by atoms with Crippen LogP contribution in [0.15, 0.2) is 38.5 Å². The first-order valence-corrected chi connectivity index (χ1v) is 8.40. The minimum Gasteiger partial charge on any atom is -0.481 e. The molecule has 5 nitrogen and oxygen atoms in total. The number of hydrogen-bond donors (Lipinski definition) is 1. The Morgan fingerprint density at radius 3 is 2.89 bits per heavy atom. The van der Waals surface area contributed by atoms with Crippen LogP contribution in [-0.2, 0) is 16.6 Å². The predicted molar refractivity (Wildman–Crippen MR) is 76.8 cm³/mol. The van der Waals surface area contributed by atoms with E-state index >= 15 is 0 Å². The molecule has 0 radical (unpaired) electrons. The van der Waals surface area contributed by atoms with Gasteiger partial charge < -0.3 is 4.74 Å². The van der Waals surface area contributed by atoms with Crippen molar-refractivity contribution in [2.24, 2.45) is 0 Å². The second-order valence-electron chi connectivity index (χ2n) is 3.55. The monoisotopic (exact) mass is 362 g/mol. The molecule has 0 aliphatic heterocycles. The molecule has 0 spiro atoms. The van der Waals surface area contributed by atoms with E-state index in [1.807, 2.05) is 0 Å². The van der Waals surface area contributed by atoms with Gasteiger partial charge in [0.25, 0.3) is 10.0 Å². The first-order valence-electron chi connectivity index (χ1n) is 5.25. The quantitative estimate of drug-likeness (QED) is 0.886. The third-order valence-corrected chi connectivity index (χ3v) is 6.40. The highest BCUT2D eigenvalue weighted by molar-refractivity contribution is 9.10. The third kappa shape index (κ3) is 3.33. The molecule has 0 unspecified atom stereocenters. The van der Waals surface area contributed by atoms with Gasteiger partial charge in [0.2, 0.25) is 5.88 Å². The van der Waals surface area contributed by atoms with Crippen molar-refractivity contribution in [2.75, 3.05) is 7.11 Å². The van der Waals surface area contributed by atoms with Crippen LogP contribution < -0.4 is 9.46 Å². The molecule has 0 aliphatic rings. The average Bonchev–Trinajstić information content (AvgIpc) is 2.84. The number of sulfonamides is 1. The number of halogens is 1. The van der Waals surface area contributed by atoms with E-state index in [-0.39, 0.29) is 10.8 Å². The Labute approximate surface area is 123 Å². The summed E-state index contributed by atoms with van der Waals surface area (Å²) < 4.78 is 32.6. The summed E-state index contributed by atoms with van der Waals surface area (Å²) in [6, 6.07) is 5.19. The second-order valence-corrected chi connectivity index (χ2v) is 7.29. The van der Waals surface area contributed by atoms with Crippen molar-refractivity contribution in [2.45, 2.75) is 10.8 Å². The highest BCUT2D eigenvalue weighted by atomic mass is 79.9. The number of methoxy groups -OCH3 is 1. The van der Waals surface area contributed by atoms with Gasteiger partial charge in [0.1, 0.15) is 4.21 Å². The number of nitrogens with one attached hydrogen (secondary N) is 1. The van der Waals surface area contributed by atoms with Crippen LogP contribution in [0.1, 0.15) is 5.56 Å². The topological polar surface area (TPSA) is 68.3 Å². The SMILES string of the molecule is COc1ncccc1CNS(=O)(=O)c1sccc1Br. The molecule has 2 aromatic rings. The lowest BCUT2D eigenvalue weighted by molar-refractivity contribution is 0.392. The average molecular weight is 363 g/mol. The number of nitrogens with zero attached hydrogens (tertiary/aromatic N) is 1. The molecule has 0 saturated carbocycles. The maximum atomic E-state index is 12.1. The van der Waals surface area contributed by atoms with E-state index in [1.165, 1.54) is 7.11 Å². The number of thiophene rings is 1. The Bertz CT molecular complexity index is 670. The van der Waals surface area contributed by atoms with E-state index in [4.69, 9.17) is 4.74 Å². The van der Waals surface area contributed by atoms with Gasteiger partial charge in [0, 0.05) is 22.8 Å². The van der Waals surface area contributed by atoms with Crippen LogP contribution in [0, 0.1) is 0 Å². The number of aromatic nitrogens is 1. The van der Waals surface area contributed by atoms with Gasteiger partial charge >= 0.3 is 0 Å². The molecule has 0 amide bonds. The molecule has 2 aromatic heterocycles. The molecular weight excluding hydrogens is 352 g/mol. The maximum absolute atomic E-state index is 12.1. The molecule has 1 N–H and O–H groups in total. The van der Waals surface area contributed by atoms with Crippen molar-refractivity contribution in [1.29, 1.82) is 0 Å². The van der Waals surface area contributed by atoms with Gasteiger partial charge in [-0.3, -0.25) is 0 Å². The van der Waals surface area contributed by atoms with E-state index in [1.54, 1.807) is 29.8 Å². The smallest absolute Gasteiger partial charge is 0.251 e. The van der Waals surface area contributed by atoms with Crippen LogP contribution in [-0.4, -0.2) is 20.5 Å². The fraction of sp³-hybridized carbons (Fsp3) is 0.182. The normalized spacial score (nSPS) is 11.5. The molecular formula is C11H11BrN2O3S2. The van der Waals surface area contributed by atoms with Gasteiger partial charge in [0.05, 0.1) is 7.11 Å². The van der Waals surface area contributed by atoms with E-state index < -0.39 is 10.0 Å². The zero-order valence-corrected chi connectivity index (χ0v) is 13.2. The zero-order valence-electron chi connectivity index (χ0n) is 9.96. The van der Waals surface area contributed by atoms with Gasteiger partial charge in [-0.15, -0.1) is 11.3 Å². The highest BCUT2D eigenvalue weighted by Gasteiger charge is 2.19. The lowest BCUT2D eigenvalue weighted by atomic mass is 10.3. The molecule has 0 aromatic carbocycles. The van der Waals surface area contributed by atoms with Crippen molar-refractivity contribution >= 4 is 37.3 Å². The van der Waals surface area contributed by atoms with Crippen molar-refractivity contribution < 1.29 is 13.2 Å². The largest absolute Gasteiger partial charge is 0.481 e. The Kier molecular flexibility index (Phi) is 4.56. The van der Waals surface area contributed by atoms with Gasteiger partial charge in [-0.05, 0) is 33.4 Å². The maximum Gasteiger partial charge on any atom is 0.251 e. The van der Waals surface area contributed by atoms with E-state index in [9.17, 15) is 8.42 Å². The summed E-state index contributed by atoms with van der Waals surface area (Å²) in [7, 11) is -2.04. The van der Waals surface area contributed by atoms with Crippen LogP contribution in [0.3, 0.4) is 0 Å². The molecule has 8 heteroatoms. The minimum atomic E-state index is -3.53. The molecule has 2 rings (SSSR count). The Balaban J connectivity index is 2.17. The molecule has 0 fully saturated rings. The van der Waals surface area contributed by atoms with E-state index in [0.29, 0.717) is 15.9 Å². The minimum absolute atomic E-state index is 0.129. The molecule has 0 atom stereocenters. The fourth-order valence-electron chi connectivity index (χ4n) is 1.45. The van der Waals surface area contributed by atoms with Gasteiger partial charge in [-0.2, -0.15) is 0 Å². The molecule has 0 aliphatic carbocycles. The standard InChI is InChI=1S/C11H11BrN2O3S2/c1-17-10-8(3-2-5-13-10)7-14-19(15,16)11-9(12)4-6-18-11/h2-6,14H,7H2,1H3. The summed E-state index contributed by atoms with van der Waals surface area (Å²) in [5.41, 5.74) is 0.682. The van der Waals surface area contributed by atoms with Crippen LogP contribution in [0.2, 0.25) is 0 Å². The van der Waals surface area contributed by atoms with Gasteiger partial charge in [-0.1, -0.05) is 6.07 Å².